The SMILES string of the molecule is C=CCCCCCNC(C)C(C)C. The van der Waals surface area contributed by atoms with Crippen LogP contribution in [0.5, 0.6) is 0 Å². The molecule has 0 aromatic carbocycles. The first-order chi connectivity index (χ1) is 6.18. The van der Waals surface area contributed by atoms with Gasteiger partial charge in [-0.1, -0.05) is 26.3 Å². The Morgan fingerprint density at radius 3 is 2.38 bits per heavy atom. The number of rotatable bonds is 8. The maximum atomic E-state index is 3.71. The zero-order valence-electron chi connectivity index (χ0n) is 9.47. The molecule has 0 aromatic rings. The van der Waals surface area contributed by atoms with Crippen LogP contribution in [0.2, 0.25) is 0 Å². The van der Waals surface area contributed by atoms with Crippen molar-refractivity contribution in [3.05, 3.63) is 12.7 Å². The summed E-state index contributed by atoms with van der Waals surface area (Å²) >= 11 is 0. The van der Waals surface area contributed by atoms with Crippen LogP contribution in [-0.4, -0.2) is 12.6 Å². The molecule has 1 nitrogen and oxygen atoms in total. The van der Waals surface area contributed by atoms with E-state index in [0.29, 0.717) is 6.04 Å². The fourth-order valence-electron chi connectivity index (χ4n) is 1.16. The van der Waals surface area contributed by atoms with E-state index in [4.69, 9.17) is 0 Å². The van der Waals surface area contributed by atoms with Crippen LogP contribution >= 0.6 is 0 Å². The maximum absolute atomic E-state index is 3.71. The summed E-state index contributed by atoms with van der Waals surface area (Å²) in [5.41, 5.74) is 0. The number of nitrogens with one attached hydrogen (secondary N) is 1. The van der Waals surface area contributed by atoms with Crippen LogP contribution in [-0.2, 0) is 0 Å². The number of allylic oxidation sites excluding steroid dienone is 1. The highest BCUT2D eigenvalue weighted by Gasteiger charge is 2.04. The van der Waals surface area contributed by atoms with Gasteiger partial charge < -0.3 is 5.32 Å². The van der Waals surface area contributed by atoms with Gasteiger partial charge in [0, 0.05) is 6.04 Å². The molecule has 0 aromatic heterocycles. The zero-order valence-corrected chi connectivity index (χ0v) is 9.47. The summed E-state index contributed by atoms with van der Waals surface area (Å²) in [6, 6.07) is 0.652. The molecule has 1 unspecified atom stereocenters. The number of unbranched alkanes of at least 4 members (excludes halogenated alkanes) is 3. The number of hydrogen-bond acceptors (Lipinski definition) is 1. The Morgan fingerprint density at radius 1 is 1.15 bits per heavy atom. The van der Waals surface area contributed by atoms with Crippen molar-refractivity contribution in [2.45, 2.75) is 52.5 Å². The Hall–Kier alpha value is -0.300. The smallest absolute Gasteiger partial charge is 0.00617 e. The van der Waals surface area contributed by atoms with Crippen molar-refractivity contribution >= 4 is 0 Å². The van der Waals surface area contributed by atoms with Crippen LogP contribution in [0.15, 0.2) is 12.7 Å². The first kappa shape index (κ1) is 12.7. The maximum Gasteiger partial charge on any atom is 0.00617 e. The van der Waals surface area contributed by atoms with Crippen molar-refractivity contribution in [1.82, 2.24) is 5.32 Å². The van der Waals surface area contributed by atoms with E-state index in [-0.39, 0.29) is 0 Å². The van der Waals surface area contributed by atoms with Crippen LogP contribution in [0.4, 0.5) is 0 Å². The number of hydrogen-bond donors (Lipinski definition) is 1. The minimum atomic E-state index is 0.652. The molecule has 0 aliphatic carbocycles. The van der Waals surface area contributed by atoms with Crippen molar-refractivity contribution in [1.29, 1.82) is 0 Å². The molecule has 13 heavy (non-hydrogen) atoms. The van der Waals surface area contributed by atoms with E-state index >= 15 is 0 Å². The first-order valence-corrected chi connectivity index (χ1v) is 5.52. The Labute approximate surface area is 83.6 Å². The molecule has 0 amide bonds. The van der Waals surface area contributed by atoms with Gasteiger partial charge in [0.15, 0.2) is 0 Å². The van der Waals surface area contributed by atoms with Gasteiger partial charge >= 0.3 is 0 Å². The molecule has 0 rings (SSSR count). The molecule has 0 saturated carbocycles. The average Bonchev–Trinajstić information content (AvgIpc) is 2.10. The fraction of sp³-hybridized carbons (Fsp3) is 0.833. The lowest BCUT2D eigenvalue weighted by Gasteiger charge is -2.17. The van der Waals surface area contributed by atoms with E-state index in [1.54, 1.807) is 0 Å². The van der Waals surface area contributed by atoms with Gasteiger partial charge in [0.05, 0.1) is 0 Å². The van der Waals surface area contributed by atoms with E-state index in [1.165, 1.54) is 25.7 Å². The lowest BCUT2D eigenvalue weighted by atomic mass is 10.1. The Morgan fingerprint density at radius 2 is 1.85 bits per heavy atom. The van der Waals surface area contributed by atoms with Gasteiger partial charge in [-0.2, -0.15) is 0 Å². The quantitative estimate of drug-likeness (QED) is 0.449. The Bertz CT molecular complexity index is 118. The standard InChI is InChI=1S/C12H25N/c1-5-6-7-8-9-10-13-12(4)11(2)3/h5,11-13H,1,6-10H2,2-4H3. The zero-order chi connectivity index (χ0) is 10.1. The predicted octanol–water partition coefficient (Wildman–Crippen LogP) is 3.37. The van der Waals surface area contributed by atoms with E-state index < -0.39 is 0 Å². The largest absolute Gasteiger partial charge is 0.314 e. The molecular formula is C12H25N. The summed E-state index contributed by atoms with van der Waals surface area (Å²) in [6.45, 7) is 11.7. The van der Waals surface area contributed by atoms with Crippen molar-refractivity contribution < 1.29 is 0 Å². The van der Waals surface area contributed by atoms with E-state index in [0.717, 1.165) is 12.5 Å². The van der Waals surface area contributed by atoms with Crippen molar-refractivity contribution in [2.75, 3.05) is 6.54 Å². The second kappa shape index (κ2) is 8.31. The summed E-state index contributed by atoms with van der Waals surface area (Å²) < 4.78 is 0. The van der Waals surface area contributed by atoms with Crippen LogP contribution in [0.3, 0.4) is 0 Å². The molecule has 1 N–H and O–H groups in total. The summed E-state index contributed by atoms with van der Waals surface area (Å²) in [4.78, 5) is 0. The third kappa shape index (κ3) is 8.04. The molecule has 0 spiro atoms. The summed E-state index contributed by atoms with van der Waals surface area (Å²) in [5, 5.41) is 3.53. The summed E-state index contributed by atoms with van der Waals surface area (Å²) in [5.74, 6) is 0.744. The molecule has 0 radical (unpaired) electrons. The second-order valence-corrected chi connectivity index (χ2v) is 4.12. The minimum absolute atomic E-state index is 0.652. The molecule has 0 heterocycles. The van der Waals surface area contributed by atoms with E-state index in [1.807, 2.05) is 6.08 Å². The van der Waals surface area contributed by atoms with E-state index in [9.17, 15) is 0 Å². The molecule has 0 bridgehead atoms. The van der Waals surface area contributed by atoms with Crippen LogP contribution < -0.4 is 5.32 Å². The van der Waals surface area contributed by atoms with Gasteiger partial charge in [0.1, 0.15) is 0 Å². The molecule has 1 heteroatoms. The molecule has 0 aliphatic heterocycles. The van der Waals surface area contributed by atoms with Crippen LogP contribution in [0.1, 0.15) is 46.5 Å². The van der Waals surface area contributed by atoms with Gasteiger partial charge in [0.2, 0.25) is 0 Å². The van der Waals surface area contributed by atoms with Gasteiger partial charge in [-0.15, -0.1) is 6.58 Å². The lowest BCUT2D eigenvalue weighted by Crippen LogP contribution is -2.31. The lowest BCUT2D eigenvalue weighted by molar-refractivity contribution is 0.420. The average molecular weight is 183 g/mol. The van der Waals surface area contributed by atoms with Gasteiger partial charge in [0.25, 0.3) is 0 Å². The highest BCUT2D eigenvalue weighted by Crippen LogP contribution is 2.02. The second-order valence-electron chi connectivity index (χ2n) is 4.12. The van der Waals surface area contributed by atoms with Crippen LogP contribution in [0, 0.1) is 5.92 Å². The van der Waals surface area contributed by atoms with Crippen LogP contribution in [0.25, 0.3) is 0 Å². The molecule has 0 fully saturated rings. The Balaban J connectivity index is 3.11. The summed E-state index contributed by atoms with van der Waals surface area (Å²) in [6.07, 6.45) is 7.08. The molecule has 1 atom stereocenters. The monoisotopic (exact) mass is 183 g/mol. The van der Waals surface area contributed by atoms with Crippen molar-refractivity contribution in [3.63, 3.8) is 0 Å². The molecule has 0 aliphatic rings. The topological polar surface area (TPSA) is 12.0 Å². The Kier molecular flexibility index (Phi) is 8.11. The third-order valence-corrected chi connectivity index (χ3v) is 2.55. The van der Waals surface area contributed by atoms with Crippen molar-refractivity contribution in [2.24, 2.45) is 5.92 Å². The van der Waals surface area contributed by atoms with Gasteiger partial charge in [-0.25, -0.2) is 0 Å². The fourth-order valence-corrected chi connectivity index (χ4v) is 1.16. The van der Waals surface area contributed by atoms with E-state index in [2.05, 4.69) is 32.7 Å². The predicted molar refractivity (Wildman–Crippen MR) is 61.0 cm³/mol. The highest BCUT2D eigenvalue weighted by molar-refractivity contribution is 4.67. The molecule has 0 saturated heterocycles. The van der Waals surface area contributed by atoms with Gasteiger partial charge in [-0.05, 0) is 38.6 Å². The van der Waals surface area contributed by atoms with Crippen molar-refractivity contribution in [3.8, 4) is 0 Å². The first-order valence-electron chi connectivity index (χ1n) is 5.52. The molecule has 78 valence electrons. The highest BCUT2D eigenvalue weighted by atomic mass is 14.9. The normalized spacial score (nSPS) is 13.2. The minimum Gasteiger partial charge on any atom is -0.314 e. The third-order valence-electron chi connectivity index (χ3n) is 2.55. The molecular weight excluding hydrogens is 158 g/mol. The summed E-state index contributed by atoms with van der Waals surface area (Å²) in [7, 11) is 0. The van der Waals surface area contributed by atoms with Gasteiger partial charge in [-0.3, -0.25) is 0 Å².